The molecule has 1 N–H and O–H groups in total. The Labute approximate surface area is 122 Å². The number of benzene rings is 1. The fraction of sp³-hybridized carbons (Fsp3) is 0.231. The van der Waals surface area contributed by atoms with Crippen LogP contribution in [0.2, 0.25) is 0 Å². The summed E-state index contributed by atoms with van der Waals surface area (Å²) in [4.78, 5) is 0. The molecule has 0 spiro atoms. The van der Waals surface area contributed by atoms with Gasteiger partial charge in [0.05, 0.1) is 0 Å². The second-order valence-corrected chi connectivity index (χ2v) is 5.98. The predicted molar refractivity (Wildman–Crippen MR) is 75.0 cm³/mol. The van der Waals surface area contributed by atoms with Gasteiger partial charge in [0.15, 0.2) is 6.61 Å². The van der Waals surface area contributed by atoms with Crippen molar-refractivity contribution in [2.75, 3.05) is 11.3 Å². The Balaban J connectivity index is 2.01. The van der Waals surface area contributed by atoms with Gasteiger partial charge in [-0.1, -0.05) is 5.16 Å². The first-order valence-electron chi connectivity index (χ1n) is 6.01. The van der Waals surface area contributed by atoms with Crippen molar-refractivity contribution < 1.29 is 17.7 Å². The largest absolute Gasteiger partial charge is 0.479 e. The number of nitrogens with zero attached hydrogens (tertiary/aromatic N) is 2. The number of anilines is 1. The molecular formula is C13H13N3O4S. The van der Waals surface area contributed by atoms with Crippen molar-refractivity contribution in [2.45, 2.75) is 12.7 Å². The van der Waals surface area contributed by atoms with Gasteiger partial charge < -0.3 is 9.26 Å². The van der Waals surface area contributed by atoms with Crippen molar-refractivity contribution in [2.24, 2.45) is 0 Å². The highest BCUT2D eigenvalue weighted by Gasteiger charge is 2.14. The molecule has 2 rings (SSSR count). The zero-order chi connectivity index (χ0) is 15.3. The van der Waals surface area contributed by atoms with E-state index in [0.29, 0.717) is 22.9 Å². The second kappa shape index (κ2) is 6.28. The molecule has 2 aromatic rings. The third kappa shape index (κ3) is 4.50. The molecule has 0 amide bonds. The van der Waals surface area contributed by atoms with Crippen LogP contribution in [0.5, 0.6) is 5.75 Å². The van der Waals surface area contributed by atoms with Crippen LogP contribution in [-0.4, -0.2) is 20.2 Å². The highest BCUT2D eigenvalue weighted by atomic mass is 32.2. The van der Waals surface area contributed by atoms with Gasteiger partial charge >= 0.3 is 0 Å². The molecule has 1 aromatic carbocycles. The number of nitrogens with one attached hydrogen (secondary N) is 1. The minimum atomic E-state index is -3.57. The normalized spacial score (nSPS) is 10.9. The summed E-state index contributed by atoms with van der Waals surface area (Å²) in [6, 6.07) is 9.68. The van der Waals surface area contributed by atoms with E-state index in [1.54, 1.807) is 37.3 Å². The Morgan fingerprint density at radius 2 is 2.10 bits per heavy atom. The van der Waals surface area contributed by atoms with Crippen molar-refractivity contribution in [3.8, 4) is 11.8 Å². The van der Waals surface area contributed by atoms with Crippen LogP contribution in [-0.2, 0) is 15.8 Å². The first-order valence-corrected chi connectivity index (χ1v) is 7.66. The Bertz CT molecular complexity index is 744. The highest BCUT2D eigenvalue weighted by Crippen LogP contribution is 2.17. The molecule has 0 bridgehead atoms. The molecule has 0 fully saturated rings. The molecule has 0 saturated carbocycles. The van der Waals surface area contributed by atoms with Crippen LogP contribution in [0.15, 0.2) is 34.9 Å². The van der Waals surface area contributed by atoms with Crippen LogP contribution < -0.4 is 9.46 Å². The van der Waals surface area contributed by atoms with Crippen LogP contribution in [0.4, 0.5) is 5.69 Å². The van der Waals surface area contributed by atoms with Gasteiger partial charge in [0.25, 0.3) is 0 Å². The lowest BCUT2D eigenvalue weighted by molar-refractivity contribution is 0.368. The Morgan fingerprint density at radius 1 is 1.38 bits per heavy atom. The van der Waals surface area contributed by atoms with E-state index in [1.165, 1.54) is 0 Å². The molecule has 8 heteroatoms. The lowest BCUT2D eigenvalue weighted by Gasteiger charge is -2.07. The summed E-state index contributed by atoms with van der Waals surface area (Å²) in [5, 5.41) is 12.0. The number of nitriles is 1. The Morgan fingerprint density at radius 3 is 2.67 bits per heavy atom. The second-order valence-electron chi connectivity index (χ2n) is 4.26. The number of rotatable bonds is 6. The van der Waals surface area contributed by atoms with Crippen LogP contribution in [0.3, 0.4) is 0 Å². The summed E-state index contributed by atoms with van der Waals surface area (Å²) in [7, 11) is -3.57. The maximum atomic E-state index is 12.0. The SMILES string of the molecule is Cc1cc(CS(=O)(=O)Nc2ccc(OCC#N)cc2)no1. The minimum Gasteiger partial charge on any atom is -0.479 e. The lowest BCUT2D eigenvalue weighted by atomic mass is 10.3. The molecule has 110 valence electrons. The molecule has 0 aliphatic heterocycles. The number of aryl methyl sites for hydroxylation is 1. The first kappa shape index (κ1) is 14.9. The molecule has 0 aliphatic carbocycles. The van der Waals surface area contributed by atoms with E-state index in [-0.39, 0.29) is 12.4 Å². The highest BCUT2D eigenvalue weighted by molar-refractivity contribution is 7.91. The molecule has 0 saturated heterocycles. The number of sulfonamides is 1. The molecular weight excluding hydrogens is 294 g/mol. The average Bonchev–Trinajstić information content (AvgIpc) is 2.82. The third-order valence-corrected chi connectivity index (χ3v) is 3.67. The van der Waals surface area contributed by atoms with Crippen LogP contribution in [0.1, 0.15) is 11.5 Å². The van der Waals surface area contributed by atoms with Crippen molar-refractivity contribution in [3.63, 3.8) is 0 Å². The fourth-order valence-electron chi connectivity index (χ4n) is 1.63. The number of ether oxygens (including phenoxy) is 1. The van der Waals surface area contributed by atoms with Crippen LogP contribution in [0.25, 0.3) is 0 Å². The molecule has 21 heavy (non-hydrogen) atoms. The summed E-state index contributed by atoms with van der Waals surface area (Å²) in [6.07, 6.45) is 0. The molecule has 1 heterocycles. The zero-order valence-corrected chi connectivity index (χ0v) is 12.1. The lowest BCUT2D eigenvalue weighted by Crippen LogP contribution is -2.15. The Hall–Kier alpha value is -2.53. The smallest absolute Gasteiger partial charge is 0.238 e. The van der Waals surface area contributed by atoms with Gasteiger partial charge in [-0.25, -0.2) is 8.42 Å². The summed E-state index contributed by atoms with van der Waals surface area (Å²) < 4.78 is 36.3. The molecule has 0 unspecified atom stereocenters. The van der Waals surface area contributed by atoms with Gasteiger partial charge in [-0.05, 0) is 31.2 Å². The fourth-order valence-corrected chi connectivity index (χ4v) is 2.72. The first-order chi connectivity index (χ1) is 9.98. The summed E-state index contributed by atoms with van der Waals surface area (Å²) in [5.41, 5.74) is 0.744. The Kier molecular flexibility index (Phi) is 4.45. The molecule has 0 atom stereocenters. The van der Waals surface area contributed by atoms with Crippen molar-refractivity contribution in [3.05, 3.63) is 41.8 Å². The van der Waals surface area contributed by atoms with Gasteiger partial charge in [-0.15, -0.1) is 0 Å². The van der Waals surface area contributed by atoms with Gasteiger partial charge in [0.1, 0.15) is 29.0 Å². The molecule has 7 nitrogen and oxygen atoms in total. The molecule has 0 aliphatic rings. The standard InChI is InChI=1S/C13H13N3O4S/c1-10-8-12(15-20-10)9-21(17,18)16-11-2-4-13(5-3-11)19-7-6-14/h2-5,8,16H,7,9H2,1H3. The topological polar surface area (TPSA) is 105 Å². The van der Waals surface area contributed by atoms with E-state index in [9.17, 15) is 8.42 Å². The number of aromatic nitrogens is 1. The van der Waals surface area contributed by atoms with Gasteiger partial charge in [0.2, 0.25) is 10.0 Å². The monoisotopic (exact) mass is 307 g/mol. The molecule has 1 aromatic heterocycles. The molecule has 0 radical (unpaired) electrons. The van der Waals surface area contributed by atoms with E-state index < -0.39 is 10.0 Å². The third-order valence-electron chi connectivity index (χ3n) is 2.45. The van der Waals surface area contributed by atoms with Crippen LogP contribution >= 0.6 is 0 Å². The van der Waals surface area contributed by atoms with Gasteiger partial charge in [0, 0.05) is 11.8 Å². The van der Waals surface area contributed by atoms with Crippen LogP contribution in [0, 0.1) is 18.3 Å². The number of hydrogen-bond donors (Lipinski definition) is 1. The number of hydrogen-bond acceptors (Lipinski definition) is 6. The van der Waals surface area contributed by atoms with E-state index in [1.807, 2.05) is 6.07 Å². The maximum absolute atomic E-state index is 12.0. The minimum absolute atomic E-state index is 0.0589. The average molecular weight is 307 g/mol. The predicted octanol–water partition coefficient (Wildman–Crippen LogP) is 1.83. The van der Waals surface area contributed by atoms with E-state index in [4.69, 9.17) is 14.5 Å². The van der Waals surface area contributed by atoms with E-state index >= 15 is 0 Å². The van der Waals surface area contributed by atoms with E-state index in [0.717, 1.165) is 0 Å². The summed E-state index contributed by atoms with van der Waals surface area (Å²) in [5.74, 6) is 0.780. The maximum Gasteiger partial charge on any atom is 0.238 e. The van der Waals surface area contributed by atoms with Gasteiger partial charge in [-0.3, -0.25) is 4.72 Å². The van der Waals surface area contributed by atoms with Crippen molar-refractivity contribution in [1.29, 1.82) is 5.26 Å². The van der Waals surface area contributed by atoms with Crippen molar-refractivity contribution >= 4 is 15.7 Å². The summed E-state index contributed by atoms with van der Waals surface area (Å²) >= 11 is 0. The summed E-state index contributed by atoms with van der Waals surface area (Å²) in [6.45, 7) is 1.63. The van der Waals surface area contributed by atoms with Gasteiger partial charge in [-0.2, -0.15) is 5.26 Å². The van der Waals surface area contributed by atoms with Crippen molar-refractivity contribution in [1.82, 2.24) is 5.16 Å². The van der Waals surface area contributed by atoms with E-state index in [2.05, 4.69) is 9.88 Å². The quantitative estimate of drug-likeness (QED) is 0.872. The zero-order valence-electron chi connectivity index (χ0n) is 11.2.